The number of hydrogen-bond acceptors (Lipinski definition) is 0. The molecule has 0 bridgehead atoms. The van der Waals surface area contributed by atoms with Gasteiger partial charge in [-0.1, -0.05) is 25.7 Å². The Bertz CT molecular complexity index is 146. The molecule has 0 rings (SSSR count). The topological polar surface area (TPSA) is 0 Å². The highest BCUT2D eigenvalue weighted by atomic mass is 13.7. The van der Waals surface area contributed by atoms with Crippen molar-refractivity contribution in [2.45, 2.75) is 32.6 Å². The van der Waals surface area contributed by atoms with Crippen molar-refractivity contribution in [1.29, 1.82) is 0 Å². The van der Waals surface area contributed by atoms with Crippen LogP contribution < -0.4 is 0 Å². The van der Waals surface area contributed by atoms with E-state index in [-0.39, 0.29) is 0 Å². The van der Waals surface area contributed by atoms with Gasteiger partial charge in [-0.25, -0.2) is 0 Å². The van der Waals surface area contributed by atoms with Gasteiger partial charge in [-0.3, -0.25) is 0 Å². The van der Waals surface area contributed by atoms with Crippen molar-refractivity contribution in [2.75, 3.05) is 0 Å². The van der Waals surface area contributed by atoms with Crippen LogP contribution in [-0.4, -0.2) is 0 Å². The molecule has 0 aliphatic heterocycles. The summed E-state index contributed by atoms with van der Waals surface area (Å²) in [6.07, 6.45) is 3.81. The minimum atomic E-state index is 0.862. The van der Waals surface area contributed by atoms with Gasteiger partial charge in [0.05, 0.1) is 0 Å². The average molecular weight is 133 g/mol. The molecule has 0 fully saturated rings. The standard InChI is InChI=1S/C10H13/c1-3-5-7-9-10-8-6-4-2/h1,3-6H2,2H3. The minimum Gasteiger partial charge on any atom is -0.0891 e. The molecule has 0 saturated heterocycles. The summed E-state index contributed by atoms with van der Waals surface area (Å²) in [5, 5.41) is 0. The van der Waals surface area contributed by atoms with E-state index in [9.17, 15) is 0 Å². The zero-order chi connectivity index (χ0) is 7.66. The van der Waals surface area contributed by atoms with E-state index in [1.54, 1.807) is 0 Å². The lowest BCUT2D eigenvalue weighted by atomic mass is 10.3. The van der Waals surface area contributed by atoms with Gasteiger partial charge in [0, 0.05) is 12.8 Å². The van der Waals surface area contributed by atoms with Crippen molar-refractivity contribution in [1.82, 2.24) is 0 Å². The molecule has 0 heteroatoms. The van der Waals surface area contributed by atoms with E-state index in [2.05, 4.69) is 37.5 Å². The van der Waals surface area contributed by atoms with Crippen molar-refractivity contribution in [2.24, 2.45) is 0 Å². The normalized spacial score (nSPS) is 7.00. The molecule has 0 nitrogen and oxygen atoms in total. The Balaban J connectivity index is 3.36. The van der Waals surface area contributed by atoms with Crippen LogP contribution in [0.2, 0.25) is 0 Å². The van der Waals surface area contributed by atoms with E-state index in [1.807, 2.05) is 0 Å². The molecule has 0 aromatic rings. The summed E-state index contributed by atoms with van der Waals surface area (Å²) in [4.78, 5) is 0. The molecular formula is C10H13. The molecule has 0 saturated carbocycles. The third-order valence-corrected chi connectivity index (χ3v) is 0.916. The van der Waals surface area contributed by atoms with Crippen LogP contribution in [0.15, 0.2) is 0 Å². The molecular weight excluding hydrogens is 120 g/mol. The highest BCUT2D eigenvalue weighted by Crippen LogP contribution is 1.81. The van der Waals surface area contributed by atoms with E-state index in [4.69, 9.17) is 0 Å². The molecule has 53 valence electrons. The predicted octanol–water partition coefficient (Wildman–Crippen LogP) is 2.41. The summed E-state index contributed by atoms with van der Waals surface area (Å²) in [6, 6.07) is 0. The first-order chi connectivity index (χ1) is 4.91. The maximum atomic E-state index is 3.67. The first-order valence-electron chi connectivity index (χ1n) is 3.66. The van der Waals surface area contributed by atoms with Crippen LogP contribution in [-0.2, 0) is 0 Å². The van der Waals surface area contributed by atoms with Crippen LogP contribution in [0.4, 0.5) is 0 Å². The molecule has 0 aromatic heterocycles. The molecule has 0 atom stereocenters. The van der Waals surface area contributed by atoms with E-state index in [0.29, 0.717) is 0 Å². The Morgan fingerprint density at radius 1 is 1.10 bits per heavy atom. The van der Waals surface area contributed by atoms with E-state index < -0.39 is 0 Å². The molecule has 0 aliphatic rings. The SMILES string of the molecule is [CH2]CCC#CC#CCCC. The zero-order valence-electron chi connectivity index (χ0n) is 6.54. The Morgan fingerprint density at radius 2 is 1.70 bits per heavy atom. The Labute approximate surface area is 64.0 Å². The molecule has 0 spiro atoms. The fourth-order valence-electron chi connectivity index (χ4n) is 0.427. The molecule has 1 radical (unpaired) electrons. The summed E-state index contributed by atoms with van der Waals surface area (Å²) >= 11 is 0. The van der Waals surface area contributed by atoms with Gasteiger partial charge < -0.3 is 0 Å². The van der Waals surface area contributed by atoms with Crippen molar-refractivity contribution in [3.05, 3.63) is 6.92 Å². The number of hydrogen-bond donors (Lipinski definition) is 0. The maximum absolute atomic E-state index is 3.67. The van der Waals surface area contributed by atoms with Crippen molar-refractivity contribution in [3.63, 3.8) is 0 Å². The van der Waals surface area contributed by atoms with Crippen molar-refractivity contribution in [3.8, 4) is 23.7 Å². The molecule has 0 aromatic carbocycles. The molecule has 0 amide bonds. The molecule has 0 N–H and O–H groups in total. The second-order valence-corrected chi connectivity index (χ2v) is 1.96. The van der Waals surface area contributed by atoms with Crippen molar-refractivity contribution >= 4 is 0 Å². The van der Waals surface area contributed by atoms with E-state index in [1.165, 1.54) is 0 Å². The first kappa shape index (κ1) is 9.12. The highest BCUT2D eigenvalue weighted by Gasteiger charge is 1.68. The van der Waals surface area contributed by atoms with Crippen molar-refractivity contribution < 1.29 is 0 Å². The number of unbranched alkanes of at least 4 members (excludes halogenated alkanes) is 2. The van der Waals surface area contributed by atoms with E-state index in [0.717, 1.165) is 25.7 Å². The maximum Gasteiger partial charge on any atom is 0.00989 e. The fraction of sp³-hybridized carbons (Fsp3) is 0.500. The second kappa shape index (κ2) is 8.12. The summed E-state index contributed by atoms with van der Waals surface area (Å²) in [7, 11) is 0. The van der Waals surface area contributed by atoms with Gasteiger partial charge >= 0.3 is 0 Å². The predicted molar refractivity (Wildman–Crippen MR) is 45.1 cm³/mol. The van der Waals surface area contributed by atoms with Crippen LogP contribution in [0.3, 0.4) is 0 Å². The van der Waals surface area contributed by atoms with Crippen LogP contribution in [0.5, 0.6) is 0 Å². The van der Waals surface area contributed by atoms with Gasteiger partial charge in [-0.15, -0.1) is 0 Å². The van der Waals surface area contributed by atoms with Gasteiger partial charge in [0.1, 0.15) is 0 Å². The second-order valence-electron chi connectivity index (χ2n) is 1.96. The van der Waals surface area contributed by atoms with Crippen LogP contribution in [0.25, 0.3) is 0 Å². The first-order valence-corrected chi connectivity index (χ1v) is 3.66. The summed E-state index contributed by atoms with van der Waals surface area (Å²) in [5.74, 6) is 11.4. The van der Waals surface area contributed by atoms with Gasteiger partial charge in [-0.2, -0.15) is 0 Å². The van der Waals surface area contributed by atoms with Gasteiger partial charge in [-0.05, 0) is 24.7 Å². The monoisotopic (exact) mass is 133 g/mol. The van der Waals surface area contributed by atoms with E-state index >= 15 is 0 Å². The third kappa shape index (κ3) is 7.12. The zero-order valence-corrected chi connectivity index (χ0v) is 6.54. The molecule has 0 unspecified atom stereocenters. The van der Waals surface area contributed by atoms with Crippen LogP contribution in [0, 0.1) is 30.6 Å². The largest absolute Gasteiger partial charge is 0.0891 e. The van der Waals surface area contributed by atoms with Crippen LogP contribution >= 0.6 is 0 Å². The van der Waals surface area contributed by atoms with Gasteiger partial charge in [0.15, 0.2) is 0 Å². The minimum absolute atomic E-state index is 0.862. The smallest absolute Gasteiger partial charge is 0.00989 e. The Kier molecular flexibility index (Phi) is 7.41. The number of rotatable bonds is 2. The third-order valence-electron chi connectivity index (χ3n) is 0.916. The lowest BCUT2D eigenvalue weighted by Crippen LogP contribution is -1.62. The van der Waals surface area contributed by atoms with Crippen LogP contribution in [0.1, 0.15) is 32.6 Å². The lowest BCUT2D eigenvalue weighted by molar-refractivity contribution is 0.983. The summed E-state index contributed by atoms with van der Waals surface area (Å²) in [6.45, 7) is 5.78. The highest BCUT2D eigenvalue weighted by molar-refractivity contribution is 5.25. The quantitative estimate of drug-likeness (QED) is 0.507. The fourth-order valence-corrected chi connectivity index (χ4v) is 0.427. The summed E-state index contributed by atoms with van der Waals surface area (Å²) in [5.41, 5.74) is 0. The lowest BCUT2D eigenvalue weighted by Gasteiger charge is -1.74. The average Bonchev–Trinajstić information content (AvgIpc) is 1.97. The van der Waals surface area contributed by atoms with Gasteiger partial charge in [0.25, 0.3) is 0 Å². The summed E-state index contributed by atoms with van der Waals surface area (Å²) < 4.78 is 0. The Morgan fingerprint density at radius 3 is 2.20 bits per heavy atom. The molecule has 0 heterocycles. The van der Waals surface area contributed by atoms with Gasteiger partial charge in [0.2, 0.25) is 0 Å². The molecule has 0 aliphatic carbocycles. The molecule has 10 heavy (non-hydrogen) atoms. The Hall–Kier alpha value is -0.880.